The number of fused-ring (bicyclic) bond motifs is 1. The van der Waals surface area contributed by atoms with Gasteiger partial charge in [-0.25, -0.2) is 0 Å². The summed E-state index contributed by atoms with van der Waals surface area (Å²) in [7, 11) is 1.98. The van der Waals surface area contributed by atoms with Crippen LogP contribution in [0.25, 0.3) is 10.9 Å². The van der Waals surface area contributed by atoms with Crippen LogP contribution < -0.4 is 5.32 Å². The number of ketones is 1. The Labute approximate surface area is 101 Å². The summed E-state index contributed by atoms with van der Waals surface area (Å²) in [4.78, 5) is 12.0. The van der Waals surface area contributed by atoms with Crippen molar-refractivity contribution in [3.05, 3.63) is 35.5 Å². The Morgan fingerprint density at radius 1 is 1.41 bits per heavy atom. The zero-order valence-corrected chi connectivity index (χ0v) is 10.6. The van der Waals surface area contributed by atoms with Gasteiger partial charge in [-0.3, -0.25) is 4.79 Å². The molecule has 2 rings (SSSR count). The predicted molar refractivity (Wildman–Crippen MR) is 70.5 cm³/mol. The summed E-state index contributed by atoms with van der Waals surface area (Å²) in [5.41, 5.74) is 3.14. The van der Waals surface area contributed by atoms with E-state index < -0.39 is 0 Å². The molecular weight excluding hydrogens is 212 g/mol. The van der Waals surface area contributed by atoms with Crippen LogP contribution in [0, 0.1) is 6.92 Å². The van der Waals surface area contributed by atoms with E-state index in [0.717, 1.165) is 23.0 Å². The fourth-order valence-electron chi connectivity index (χ4n) is 2.05. The van der Waals surface area contributed by atoms with Gasteiger partial charge < -0.3 is 9.88 Å². The van der Waals surface area contributed by atoms with E-state index in [2.05, 4.69) is 18.3 Å². The molecule has 3 nitrogen and oxygen atoms in total. The van der Waals surface area contributed by atoms with E-state index in [1.165, 1.54) is 5.56 Å². The summed E-state index contributed by atoms with van der Waals surface area (Å²) in [5.74, 6) is 0.154. The average molecular weight is 230 g/mol. The topological polar surface area (TPSA) is 34.0 Å². The van der Waals surface area contributed by atoms with E-state index in [0.29, 0.717) is 6.54 Å². The van der Waals surface area contributed by atoms with Crippen LogP contribution in [0.3, 0.4) is 0 Å². The molecule has 0 unspecified atom stereocenters. The number of rotatable bonds is 4. The van der Waals surface area contributed by atoms with Gasteiger partial charge in [0.25, 0.3) is 0 Å². The Morgan fingerprint density at radius 2 is 2.18 bits per heavy atom. The van der Waals surface area contributed by atoms with Gasteiger partial charge in [0.2, 0.25) is 0 Å². The van der Waals surface area contributed by atoms with Crippen LogP contribution in [0.1, 0.15) is 22.8 Å². The summed E-state index contributed by atoms with van der Waals surface area (Å²) in [6.07, 6.45) is 1.92. The molecule has 0 amide bonds. The summed E-state index contributed by atoms with van der Waals surface area (Å²) in [6.45, 7) is 5.28. The van der Waals surface area contributed by atoms with E-state index in [1.54, 1.807) is 0 Å². The molecule has 0 saturated carbocycles. The number of carbonyl (C=O) groups is 1. The quantitative estimate of drug-likeness (QED) is 0.818. The van der Waals surface area contributed by atoms with Crippen LogP contribution in [0.15, 0.2) is 24.4 Å². The fourth-order valence-corrected chi connectivity index (χ4v) is 2.05. The first kappa shape index (κ1) is 11.9. The molecule has 1 N–H and O–H groups in total. The average Bonchev–Trinajstić information content (AvgIpc) is 2.64. The van der Waals surface area contributed by atoms with E-state index in [9.17, 15) is 4.79 Å². The third kappa shape index (κ3) is 2.24. The number of hydrogen-bond donors (Lipinski definition) is 1. The van der Waals surface area contributed by atoms with Crippen molar-refractivity contribution >= 4 is 16.7 Å². The summed E-state index contributed by atoms with van der Waals surface area (Å²) in [5, 5.41) is 4.12. The number of benzene rings is 1. The second kappa shape index (κ2) is 4.72. The molecule has 0 saturated heterocycles. The minimum absolute atomic E-state index is 0.154. The Hall–Kier alpha value is -1.61. The lowest BCUT2D eigenvalue weighted by molar-refractivity contribution is 0.0993. The highest BCUT2D eigenvalue weighted by molar-refractivity contribution is 6.09. The van der Waals surface area contributed by atoms with Gasteiger partial charge in [-0.05, 0) is 25.1 Å². The van der Waals surface area contributed by atoms with Crippen LogP contribution in [0.4, 0.5) is 0 Å². The maximum absolute atomic E-state index is 12.0. The molecule has 0 aliphatic rings. The minimum Gasteiger partial charge on any atom is -0.350 e. The van der Waals surface area contributed by atoms with Crippen molar-refractivity contribution in [3.8, 4) is 0 Å². The van der Waals surface area contributed by atoms with Gasteiger partial charge in [0.05, 0.1) is 6.54 Å². The normalized spacial score (nSPS) is 11.0. The van der Waals surface area contributed by atoms with Crippen LogP contribution in [0.5, 0.6) is 0 Å². The molecule has 1 heterocycles. The van der Waals surface area contributed by atoms with E-state index >= 15 is 0 Å². The highest BCUT2D eigenvalue weighted by atomic mass is 16.1. The van der Waals surface area contributed by atoms with Crippen LogP contribution >= 0.6 is 0 Å². The molecule has 17 heavy (non-hydrogen) atoms. The standard InChI is InChI=1S/C14H18N2O/c1-4-15-8-14(17)12-9-16(3)13-7-10(2)5-6-11(12)13/h5-7,9,15H,4,8H2,1-3H3. The molecule has 0 aliphatic carbocycles. The van der Waals surface area contributed by atoms with Gasteiger partial charge in [-0.15, -0.1) is 0 Å². The summed E-state index contributed by atoms with van der Waals surface area (Å²) in [6, 6.07) is 6.19. The lowest BCUT2D eigenvalue weighted by atomic mass is 10.1. The number of likely N-dealkylation sites (N-methyl/N-ethyl adjacent to an activating group) is 1. The zero-order chi connectivity index (χ0) is 12.4. The van der Waals surface area contributed by atoms with Crippen molar-refractivity contribution in [2.45, 2.75) is 13.8 Å². The first-order valence-electron chi connectivity index (χ1n) is 5.93. The Morgan fingerprint density at radius 3 is 2.88 bits per heavy atom. The monoisotopic (exact) mass is 230 g/mol. The van der Waals surface area contributed by atoms with Gasteiger partial charge in [0, 0.05) is 29.7 Å². The Kier molecular flexibility index (Phi) is 3.29. The maximum atomic E-state index is 12.0. The molecule has 2 aromatic rings. The van der Waals surface area contributed by atoms with Crippen LogP contribution in [0.2, 0.25) is 0 Å². The smallest absolute Gasteiger partial charge is 0.178 e. The van der Waals surface area contributed by atoms with Crippen molar-refractivity contribution in [2.75, 3.05) is 13.1 Å². The maximum Gasteiger partial charge on any atom is 0.178 e. The second-order valence-corrected chi connectivity index (χ2v) is 4.38. The second-order valence-electron chi connectivity index (χ2n) is 4.38. The molecule has 0 bridgehead atoms. The van der Waals surface area contributed by atoms with Crippen molar-refractivity contribution < 1.29 is 4.79 Å². The molecule has 0 fully saturated rings. The molecule has 3 heteroatoms. The molecule has 0 aliphatic heterocycles. The fraction of sp³-hybridized carbons (Fsp3) is 0.357. The number of nitrogens with zero attached hydrogens (tertiary/aromatic N) is 1. The molecule has 0 spiro atoms. The number of carbonyl (C=O) groups excluding carboxylic acids is 1. The van der Waals surface area contributed by atoms with E-state index in [4.69, 9.17) is 0 Å². The van der Waals surface area contributed by atoms with E-state index in [-0.39, 0.29) is 5.78 Å². The van der Waals surface area contributed by atoms with Gasteiger partial charge in [-0.1, -0.05) is 19.1 Å². The molecular formula is C14H18N2O. The van der Waals surface area contributed by atoms with Crippen molar-refractivity contribution in [2.24, 2.45) is 7.05 Å². The number of aromatic nitrogens is 1. The molecule has 0 radical (unpaired) electrons. The zero-order valence-electron chi connectivity index (χ0n) is 10.6. The van der Waals surface area contributed by atoms with Gasteiger partial charge in [0.1, 0.15) is 0 Å². The largest absolute Gasteiger partial charge is 0.350 e. The highest BCUT2D eigenvalue weighted by Crippen LogP contribution is 2.22. The third-order valence-corrected chi connectivity index (χ3v) is 2.98. The number of hydrogen-bond acceptors (Lipinski definition) is 2. The van der Waals surface area contributed by atoms with Gasteiger partial charge >= 0.3 is 0 Å². The minimum atomic E-state index is 0.154. The number of nitrogens with one attached hydrogen (secondary N) is 1. The molecule has 1 aromatic carbocycles. The summed E-state index contributed by atoms with van der Waals surface area (Å²) >= 11 is 0. The Bertz CT molecular complexity index is 555. The molecule has 90 valence electrons. The molecule has 0 atom stereocenters. The first-order valence-corrected chi connectivity index (χ1v) is 5.93. The van der Waals surface area contributed by atoms with E-state index in [1.807, 2.05) is 36.9 Å². The van der Waals surface area contributed by atoms with Crippen molar-refractivity contribution in [1.82, 2.24) is 9.88 Å². The van der Waals surface area contributed by atoms with Crippen molar-refractivity contribution in [1.29, 1.82) is 0 Å². The van der Waals surface area contributed by atoms with Gasteiger partial charge in [-0.2, -0.15) is 0 Å². The highest BCUT2D eigenvalue weighted by Gasteiger charge is 2.13. The molecule has 1 aromatic heterocycles. The number of aryl methyl sites for hydroxylation is 2. The third-order valence-electron chi connectivity index (χ3n) is 2.98. The predicted octanol–water partition coefficient (Wildman–Crippen LogP) is 2.28. The summed E-state index contributed by atoms with van der Waals surface area (Å²) < 4.78 is 2.02. The lowest BCUT2D eigenvalue weighted by Gasteiger charge is -2.00. The SMILES string of the molecule is CCNCC(=O)c1cn(C)c2cc(C)ccc12. The van der Waals surface area contributed by atoms with Crippen LogP contribution in [-0.2, 0) is 7.05 Å². The number of Topliss-reactive ketones (excluding diaryl/α,β-unsaturated/α-hetero) is 1. The lowest BCUT2D eigenvalue weighted by Crippen LogP contribution is -2.22. The van der Waals surface area contributed by atoms with Crippen molar-refractivity contribution in [3.63, 3.8) is 0 Å². The van der Waals surface area contributed by atoms with Crippen LogP contribution in [-0.4, -0.2) is 23.4 Å². The van der Waals surface area contributed by atoms with Gasteiger partial charge in [0.15, 0.2) is 5.78 Å². The Balaban J connectivity index is 2.45. The first-order chi connectivity index (χ1) is 8.13.